The number of benzene rings is 2. The third-order valence-electron chi connectivity index (χ3n) is 5.10. The highest BCUT2D eigenvalue weighted by Crippen LogP contribution is 2.32. The minimum atomic E-state index is 0.0616. The first-order valence-electron chi connectivity index (χ1n) is 10.1. The van der Waals surface area contributed by atoms with E-state index < -0.39 is 0 Å². The Morgan fingerprint density at radius 2 is 1.41 bits per heavy atom. The molecule has 1 amide bonds. The molecule has 0 spiro atoms. The molecule has 0 unspecified atom stereocenters. The summed E-state index contributed by atoms with van der Waals surface area (Å²) < 4.78 is 0. The number of nitrogens with one attached hydrogen (secondary N) is 1. The molecular formula is C24H35N2O+. The predicted octanol–water partition coefficient (Wildman–Crippen LogP) is 4.83. The van der Waals surface area contributed by atoms with Gasteiger partial charge in [-0.25, -0.2) is 0 Å². The van der Waals surface area contributed by atoms with E-state index in [2.05, 4.69) is 94.6 Å². The molecule has 3 heteroatoms. The number of para-hydroxylation sites is 1. The van der Waals surface area contributed by atoms with Crippen molar-refractivity contribution in [2.75, 3.05) is 11.9 Å². The van der Waals surface area contributed by atoms with Gasteiger partial charge in [-0.3, -0.25) is 4.79 Å². The van der Waals surface area contributed by atoms with Crippen molar-refractivity contribution in [2.45, 2.75) is 59.4 Å². The maximum absolute atomic E-state index is 12.8. The standard InChI is InChI=1S/C24H34N2O/c1-16(2)20-13-10-14-21(17(3)4)24(20)26-22(27)15-25-23(18(5)6)19-11-8-7-9-12-19/h7-14,16-18,23,25H,15H2,1-6H3,(H,26,27)/p+1/t23-/m1/s1. The number of rotatable bonds is 8. The van der Waals surface area contributed by atoms with Gasteiger partial charge >= 0.3 is 0 Å². The van der Waals surface area contributed by atoms with Crippen molar-refractivity contribution in [1.29, 1.82) is 0 Å². The summed E-state index contributed by atoms with van der Waals surface area (Å²) in [5.74, 6) is 1.26. The summed E-state index contributed by atoms with van der Waals surface area (Å²) >= 11 is 0. The molecule has 3 N–H and O–H groups in total. The number of hydrogen-bond donors (Lipinski definition) is 2. The van der Waals surface area contributed by atoms with E-state index in [1.807, 2.05) is 6.07 Å². The van der Waals surface area contributed by atoms with Gasteiger partial charge < -0.3 is 10.6 Å². The minimum Gasteiger partial charge on any atom is -0.332 e. The molecule has 0 saturated heterocycles. The van der Waals surface area contributed by atoms with Crippen LogP contribution in [0, 0.1) is 5.92 Å². The highest BCUT2D eigenvalue weighted by molar-refractivity contribution is 5.93. The number of anilines is 1. The number of amides is 1. The first-order valence-corrected chi connectivity index (χ1v) is 10.1. The van der Waals surface area contributed by atoms with Gasteiger partial charge in [0.25, 0.3) is 5.91 Å². The van der Waals surface area contributed by atoms with Crippen LogP contribution in [0.4, 0.5) is 5.69 Å². The average Bonchev–Trinajstić information content (AvgIpc) is 2.62. The first-order chi connectivity index (χ1) is 12.8. The summed E-state index contributed by atoms with van der Waals surface area (Å²) in [7, 11) is 0. The van der Waals surface area contributed by atoms with Crippen LogP contribution in [0.5, 0.6) is 0 Å². The fourth-order valence-corrected chi connectivity index (χ4v) is 3.59. The van der Waals surface area contributed by atoms with E-state index >= 15 is 0 Å². The lowest BCUT2D eigenvalue weighted by atomic mass is 9.92. The van der Waals surface area contributed by atoms with Gasteiger partial charge in [0.05, 0.1) is 0 Å². The fraction of sp³-hybridized carbons (Fsp3) is 0.458. The lowest BCUT2D eigenvalue weighted by molar-refractivity contribution is -0.692. The van der Waals surface area contributed by atoms with Crippen molar-refractivity contribution < 1.29 is 10.1 Å². The van der Waals surface area contributed by atoms with Crippen LogP contribution >= 0.6 is 0 Å². The molecule has 0 bridgehead atoms. The lowest BCUT2D eigenvalue weighted by Crippen LogP contribution is -2.88. The molecule has 0 radical (unpaired) electrons. The van der Waals surface area contributed by atoms with Crippen LogP contribution < -0.4 is 10.6 Å². The second-order valence-electron chi connectivity index (χ2n) is 8.29. The number of carbonyl (C=O) groups is 1. The van der Waals surface area contributed by atoms with E-state index in [0.29, 0.717) is 24.3 Å². The van der Waals surface area contributed by atoms with Crippen LogP contribution in [0.25, 0.3) is 0 Å². The Hall–Kier alpha value is -2.13. The highest BCUT2D eigenvalue weighted by Gasteiger charge is 2.21. The predicted molar refractivity (Wildman–Crippen MR) is 114 cm³/mol. The molecule has 3 nitrogen and oxygen atoms in total. The van der Waals surface area contributed by atoms with E-state index in [1.54, 1.807) is 0 Å². The van der Waals surface area contributed by atoms with Gasteiger partial charge in [-0.15, -0.1) is 0 Å². The topological polar surface area (TPSA) is 45.7 Å². The summed E-state index contributed by atoms with van der Waals surface area (Å²) in [6.45, 7) is 13.5. The van der Waals surface area contributed by atoms with Crippen LogP contribution in [0.15, 0.2) is 48.5 Å². The summed E-state index contributed by atoms with van der Waals surface area (Å²) in [5, 5.41) is 5.37. The SMILES string of the molecule is CC(C)c1cccc(C(C)C)c1NC(=O)C[NH2+][C@@H](c1ccccc1)C(C)C. The van der Waals surface area contributed by atoms with Crippen molar-refractivity contribution in [3.05, 3.63) is 65.2 Å². The molecule has 0 fully saturated rings. The first kappa shape index (κ1) is 21.2. The second kappa shape index (κ2) is 9.70. The van der Waals surface area contributed by atoms with Crippen molar-refractivity contribution in [3.63, 3.8) is 0 Å². The second-order valence-corrected chi connectivity index (χ2v) is 8.29. The van der Waals surface area contributed by atoms with Crippen molar-refractivity contribution in [2.24, 2.45) is 5.92 Å². The normalized spacial score (nSPS) is 12.6. The van der Waals surface area contributed by atoms with Crippen LogP contribution in [-0.2, 0) is 4.79 Å². The zero-order chi connectivity index (χ0) is 20.0. The molecule has 0 aliphatic carbocycles. The maximum atomic E-state index is 12.8. The van der Waals surface area contributed by atoms with Gasteiger partial charge in [0.2, 0.25) is 0 Å². The average molecular weight is 368 g/mol. The zero-order valence-corrected chi connectivity index (χ0v) is 17.6. The molecule has 2 aromatic rings. The molecule has 0 heterocycles. The van der Waals surface area contributed by atoms with Crippen molar-refractivity contribution >= 4 is 11.6 Å². The van der Waals surface area contributed by atoms with E-state index in [4.69, 9.17) is 0 Å². The van der Waals surface area contributed by atoms with E-state index in [0.717, 1.165) is 5.69 Å². The molecule has 0 aliphatic rings. The van der Waals surface area contributed by atoms with Crippen LogP contribution in [0.2, 0.25) is 0 Å². The van der Waals surface area contributed by atoms with Gasteiger partial charge in [-0.2, -0.15) is 0 Å². The quantitative estimate of drug-likeness (QED) is 0.689. The summed E-state index contributed by atoms with van der Waals surface area (Å²) in [6, 6.07) is 17.1. The smallest absolute Gasteiger partial charge is 0.279 e. The Bertz CT molecular complexity index is 709. The van der Waals surface area contributed by atoms with Gasteiger partial charge in [0.15, 0.2) is 6.54 Å². The Morgan fingerprint density at radius 3 is 1.89 bits per heavy atom. The Labute approximate surface area is 164 Å². The fourth-order valence-electron chi connectivity index (χ4n) is 3.59. The van der Waals surface area contributed by atoms with Gasteiger partial charge in [-0.1, -0.05) is 90.1 Å². The van der Waals surface area contributed by atoms with Gasteiger partial charge in [-0.05, 0) is 23.0 Å². The Balaban J connectivity index is 2.14. The van der Waals surface area contributed by atoms with E-state index in [9.17, 15) is 4.79 Å². The summed E-state index contributed by atoms with van der Waals surface area (Å²) in [5.41, 5.74) is 4.68. The number of hydrogen-bond acceptors (Lipinski definition) is 1. The molecule has 2 rings (SSSR count). The number of nitrogens with two attached hydrogens (primary N) is 1. The number of quaternary nitrogens is 1. The maximum Gasteiger partial charge on any atom is 0.279 e. The molecule has 146 valence electrons. The molecule has 1 atom stereocenters. The lowest BCUT2D eigenvalue weighted by Gasteiger charge is -2.22. The van der Waals surface area contributed by atoms with E-state index in [1.165, 1.54) is 16.7 Å². The Morgan fingerprint density at radius 1 is 0.852 bits per heavy atom. The van der Waals surface area contributed by atoms with Crippen molar-refractivity contribution in [3.8, 4) is 0 Å². The Kier molecular flexibility index (Phi) is 7.61. The molecule has 0 aromatic heterocycles. The molecular weight excluding hydrogens is 332 g/mol. The van der Waals surface area contributed by atoms with Gasteiger partial charge in [0, 0.05) is 17.2 Å². The minimum absolute atomic E-state index is 0.0616. The van der Waals surface area contributed by atoms with E-state index in [-0.39, 0.29) is 11.9 Å². The molecule has 2 aromatic carbocycles. The third kappa shape index (κ3) is 5.67. The summed E-state index contributed by atoms with van der Waals surface area (Å²) in [6.07, 6.45) is 0. The monoisotopic (exact) mass is 367 g/mol. The zero-order valence-electron chi connectivity index (χ0n) is 17.6. The largest absolute Gasteiger partial charge is 0.332 e. The van der Waals surface area contributed by atoms with Gasteiger partial charge in [0.1, 0.15) is 6.04 Å². The molecule has 27 heavy (non-hydrogen) atoms. The molecule has 0 saturated carbocycles. The van der Waals surface area contributed by atoms with Crippen LogP contribution in [-0.4, -0.2) is 12.5 Å². The van der Waals surface area contributed by atoms with Crippen LogP contribution in [0.3, 0.4) is 0 Å². The third-order valence-corrected chi connectivity index (χ3v) is 5.10. The summed E-state index contributed by atoms with van der Waals surface area (Å²) in [4.78, 5) is 12.8. The molecule has 0 aliphatic heterocycles. The number of carbonyl (C=O) groups excluding carboxylic acids is 1. The highest BCUT2D eigenvalue weighted by atomic mass is 16.1. The van der Waals surface area contributed by atoms with Crippen LogP contribution in [0.1, 0.15) is 76.1 Å². The van der Waals surface area contributed by atoms with Crippen molar-refractivity contribution in [1.82, 2.24) is 0 Å².